The second kappa shape index (κ2) is 17.1. The van der Waals surface area contributed by atoms with E-state index in [-0.39, 0.29) is 23.7 Å². The van der Waals surface area contributed by atoms with E-state index >= 15 is 0 Å². The van der Waals surface area contributed by atoms with Crippen molar-refractivity contribution < 1.29 is 0 Å². The van der Waals surface area contributed by atoms with E-state index in [0.29, 0.717) is 0 Å². The summed E-state index contributed by atoms with van der Waals surface area (Å²) in [7, 11) is -2.31. The minimum absolute atomic E-state index is 0.194. The molecule has 0 saturated carbocycles. The van der Waals surface area contributed by atoms with Crippen molar-refractivity contribution >= 4 is 92.3 Å². The summed E-state index contributed by atoms with van der Waals surface area (Å²) >= 11 is 0. The Morgan fingerprint density at radius 2 is 0.930 bits per heavy atom. The third-order valence-corrected chi connectivity index (χ3v) is 25.9. The molecule has 5 atom stereocenters. The van der Waals surface area contributed by atoms with Crippen LogP contribution >= 0.6 is 0 Å². The summed E-state index contributed by atoms with van der Waals surface area (Å²) in [6.45, 7) is 2.66. The van der Waals surface area contributed by atoms with Crippen LogP contribution in [-0.4, -0.2) is 17.2 Å². The van der Waals surface area contributed by atoms with Gasteiger partial charge in [-0.3, -0.25) is 0 Å². The Balaban J connectivity index is 0.682. The number of aromatic nitrogens is 2. The van der Waals surface area contributed by atoms with Crippen LogP contribution in [0.25, 0.3) is 90.4 Å². The van der Waals surface area contributed by atoms with Gasteiger partial charge in [-0.25, -0.2) is 0 Å². The first-order chi connectivity index (χ1) is 42.5. The monoisotopic (exact) mass is 1110 g/mol. The molecule has 0 fully saturated rings. The van der Waals surface area contributed by atoms with Crippen molar-refractivity contribution in [3.63, 3.8) is 0 Å². The molecular weight excluding hydrogens is 1050 g/mol. The number of nitrogens with zero attached hydrogens (tertiary/aromatic N) is 2. The number of benzene rings is 10. The van der Waals surface area contributed by atoms with Gasteiger partial charge in [0.25, 0.3) is 0 Å². The number of allylic oxidation sites excluding steroid dienone is 12. The van der Waals surface area contributed by atoms with Crippen LogP contribution < -0.4 is 5.19 Å². The zero-order valence-electron chi connectivity index (χ0n) is 47.5. The van der Waals surface area contributed by atoms with E-state index < -0.39 is 13.5 Å². The highest BCUT2D eigenvalue weighted by Gasteiger charge is 2.53. The summed E-state index contributed by atoms with van der Waals surface area (Å²) in [4.78, 5) is 0. The second-order valence-electron chi connectivity index (χ2n) is 25.5. The molecule has 0 spiro atoms. The molecule has 10 aromatic carbocycles. The van der Waals surface area contributed by atoms with Crippen molar-refractivity contribution in [3.05, 3.63) is 350 Å². The zero-order valence-corrected chi connectivity index (χ0v) is 48.5. The van der Waals surface area contributed by atoms with Gasteiger partial charge in [-0.2, -0.15) is 0 Å². The molecule has 8 aliphatic rings. The van der Waals surface area contributed by atoms with Crippen LogP contribution in [0.3, 0.4) is 0 Å². The fraction of sp³-hybridized carbons (Fsp3) is 0.0843. The lowest BCUT2D eigenvalue weighted by Gasteiger charge is -2.41. The van der Waals surface area contributed by atoms with Crippen LogP contribution in [0.15, 0.2) is 283 Å². The highest BCUT2D eigenvalue weighted by atomic mass is 28.3. The largest absolute Gasteiger partial charge is 0.309 e. The number of para-hydroxylation sites is 3. The van der Waals surface area contributed by atoms with E-state index in [1.165, 1.54) is 144 Å². The van der Waals surface area contributed by atoms with E-state index in [4.69, 9.17) is 0 Å². The average molecular weight is 1110 g/mol. The van der Waals surface area contributed by atoms with Gasteiger partial charge in [0.05, 0.1) is 27.5 Å². The summed E-state index contributed by atoms with van der Waals surface area (Å²) in [5, 5.41) is 8.52. The van der Waals surface area contributed by atoms with Crippen molar-refractivity contribution in [2.45, 2.75) is 29.8 Å². The summed E-state index contributed by atoms with van der Waals surface area (Å²) in [6.07, 6.45) is 25.2. The Morgan fingerprint density at radius 1 is 0.430 bits per heavy atom. The fourth-order valence-electron chi connectivity index (χ4n) is 18.3. The molecule has 20 rings (SSSR count). The Kier molecular flexibility index (Phi) is 9.39. The predicted octanol–water partition coefficient (Wildman–Crippen LogP) is 19.1. The topological polar surface area (TPSA) is 9.86 Å². The van der Waals surface area contributed by atoms with Gasteiger partial charge in [-0.15, -0.1) is 0 Å². The SMILES string of the molecule is C[Si]1(Cc2ccc(-n3c4ccccc4c4c5c6c(cc43)C=CC3C4=C(C=C(C=C5)C63)C(c3ccccc3)(c3ccccc3)c3ccccc34)cc2)C2=C(c3ccccc31)C1C=Cc3cc4c(c5c3C1C(=C2)C=C5)c1ccccc1n4-c1ccccc1. The Hall–Kier alpha value is -10.1. The van der Waals surface area contributed by atoms with Crippen LogP contribution in [0.5, 0.6) is 0 Å². The van der Waals surface area contributed by atoms with Crippen LogP contribution in [0.4, 0.5) is 0 Å². The maximum absolute atomic E-state index is 2.67. The van der Waals surface area contributed by atoms with Gasteiger partial charge in [0.15, 0.2) is 0 Å². The molecule has 1 aliphatic heterocycles. The average Bonchev–Trinajstić information content (AvgIpc) is 1.51. The molecule has 0 amide bonds. The predicted molar refractivity (Wildman–Crippen MR) is 361 cm³/mol. The summed E-state index contributed by atoms with van der Waals surface area (Å²) in [5.74, 6) is 0.953. The van der Waals surface area contributed by atoms with Gasteiger partial charge in [0.1, 0.15) is 8.07 Å². The summed E-state index contributed by atoms with van der Waals surface area (Å²) < 4.78 is 5.02. The van der Waals surface area contributed by atoms with Crippen molar-refractivity contribution in [1.29, 1.82) is 0 Å². The molecule has 0 saturated heterocycles. The zero-order chi connectivity index (χ0) is 56.1. The maximum Gasteiger partial charge on any atom is 0.120 e. The van der Waals surface area contributed by atoms with Crippen LogP contribution in [0.1, 0.15) is 78.6 Å². The van der Waals surface area contributed by atoms with E-state index in [0.717, 1.165) is 6.04 Å². The highest BCUT2D eigenvalue weighted by molar-refractivity contribution is 6.99. The molecule has 0 bridgehead atoms. The molecule has 2 aromatic heterocycles. The number of rotatable bonds is 6. The van der Waals surface area contributed by atoms with E-state index in [1.54, 1.807) is 16.0 Å². The molecule has 7 aliphatic carbocycles. The van der Waals surface area contributed by atoms with Gasteiger partial charge < -0.3 is 9.13 Å². The molecule has 3 heteroatoms. The van der Waals surface area contributed by atoms with E-state index in [9.17, 15) is 0 Å². The fourth-order valence-corrected chi connectivity index (χ4v) is 22.7. The van der Waals surface area contributed by atoms with Gasteiger partial charge >= 0.3 is 0 Å². The highest BCUT2D eigenvalue weighted by Crippen LogP contribution is 2.64. The number of fused-ring (bicyclic) bond motifs is 14. The third-order valence-electron chi connectivity index (χ3n) is 21.5. The molecule has 2 nitrogen and oxygen atoms in total. The lowest BCUT2D eigenvalue weighted by molar-refractivity contribution is 0.666. The van der Waals surface area contributed by atoms with Gasteiger partial charge in [-0.1, -0.05) is 243 Å². The van der Waals surface area contributed by atoms with Gasteiger partial charge in [-0.05, 0) is 160 Å². The first-order valence-electron chi connectivity index (χ1n) is 30.9. The van der Waals surface area contributed by atoms with Crippen LogP contribution in [0, 0.1) is 11.8 Å². The smallest absolute Gasteiger partial charge is 0.120 e. The number of hydrogen-bond acceptors (Lipinski definition) is 0. The standard InChI is InChI=1S/C83H56N2Si/c1-86(73-32-18-14-28-62(73)82-66-44-37-53-46-71-80(65-43-38-54(48-74(82)86)78(66)77(53)65)60-26-12-16-30-69(60)84(71)57-23-9-4-10-24-57)49-50-33-39-58(40-34-50)85-70-31-17-13-27-61(70)81-64-42-35-51-45-68-79(63-41-36-52(47-72(81)85)76(64)75(51)63)59-25-11-15-29-67(59)83(68,55-19-5-2-6-20-55)56-21-7-3-8-22-56/h2-48,63,66,75,78H,49H2,1H3. The maximum atomic E-state index is 2.67. The quantitative estimate of drug-likeness (QED) is 0.147. The Morgan fingerprint density at radius 3 is 1.55 bits per heavy atom. The molecular formula is C83H56N2Si. The van der Waals surface area contributed by atoms with Gasteiger partial charge in [0.2, 0.25) is 0 Å². The molecule has 0 radical (unpaired) electrons. The van der Waals surface area contributed by atoms with E-state index in [1.807, 2.05) is 0 Å². The number of hydrogen-bond donors (Lipinski definition) is 0. The lowest BCUT2D eigenvalue weighted by atomic mass is 9.61. The van der Waals surface area contributed by atoms with Crippen molar-refractivity contribution in [2.24, 2.45) is 11.8 Å². The summed E-state index contributed by atoms with van der Waals surface area (Å²) in [6, 6.07) is 86.1. The third kappa shape index (κ3) is 5.96. The van der Waals surface area contributed by atoms with E-state index in [2.05, 4.69) is 301 Å². The first kappa shape index (κ1) is 47.3. The van der Waals surface area contributed by atoms with Crippen LogP contribution in [0.2, 0.25) is 6.55 Å². The molecule has 12 aromatic rings. The molecule has 5 unspecified atom stereocenters. The molecule has 3 heterocycles. The van der Waals surface area contributed by atoms with Crippen molar-refractivity contribution in [1.82, 2.24) is 9.13 Å². The Bertz CT molecular complexity index is 5280. The molecule has 0 N–H and O–H groups in total. The molecule has 402 valence electrons. The normalized spacial score (nSPS) is 21.6. The Labute approximate surface area is 501 Å². The second-order valence-corrected chi connectivity index (χ2v) is 29.6. The first-order valence-corrected chi connectivity index (χ1v) is 33.6. The lowest BCUT2D eigenvalue weighted by Crippen LogP contribution is -2.47. The van der Waals surface area contributed by atoms with Crippen molar-refractivity contribution in [2.75, 3.05) is 0 Å². The minimum atomic E-state index is -2.31. The van der Waals surface area contributed by atoms with Crippen molar-refractivity contribution in [3.8, 4) is 11.4 Å². The molecule has 86 heavy (non-hydrogen) atoms. The minimum Gasteiger partial charge on any atom is -0.309 e. The van der Waals surface area contributed by atoms with Crippen LogP contribution in [-0.2, 0) is 11.5 Å². The van der Waals surface area contributed by atoms with Gasteiger partial charge in [0, 0.05) is 56.6 Å². The summed E-state index contributed by atoms with van der Waals surface area (Å²) in [5.41, 5.74) is 31.0.